The minimum Gasteiger partial charge on any atom is -0.356 e. The molecule has 1 heterocycles. The third-order valence-electron chi connectivity index (χ3n) is 6.68. The Morgan fingerprint density at radius 1 is 1.19 bits per heavy atom. The first kappa shape index (κ1) is 21.1. The van der Waals surface area contributed by atoms with Crippen molar-refractivity contribution in [3.8, 4) is 6.07 Å². The standard InChI is InChI=1S/C26H29N3O2/c1-26(2)11-9-19(10-12-26)22-14-20(18-3-6-21(30)7-4-18)5-8-23(22)29-25(31)24-13-17(15-27)16-28-24/h5,8-9,13-14,16,18,28H,3-4,6-7,10-12H2,1-2H3,(H,29,31). The number of nitriles is 1. The molecule has 2 N–H and O–H groups in total. The number of carbonyl (C=O) groups is 2. The van der Waals surface area contributed by atoms with Crippen LogP contribution in [-0.2, 0) is 4.79 Å². The molecule has 5 heteroatoms. The molecule has 0 unspecified atom stereocenters. The molecule has 2 aliphatic carbocycles. The molecule has 5 nitrogen and oxygen atoms in total. The van der Waals surface area contributed by atoms with Crippen LogP contribution in [0.4, 0.5) is 5.69 Å². The number of carbonyl (C=O) groups excluding carboxylic acids is 2. The van der Waals surface area contributed by atoms with E-state index in [9.17, 15) is 9.59 Å². The van der Waals surface area contributed by atoms with Gasteiger partial charge in [0.2, 0.25) is 0 Å². The van der Waals surface area contributed by atoms with Crippen LogP contribution < -0.4 is 5.32 Å². The van der Waals surface area contributed by atoms with Crippen LogP contribution in [0.2, 0.25) is 0 Å². The van der Waals surface area contributed by atoms with Crippen molar-refractivity contribution in [3.63, 3.8) is 0 Å². The zero-order valence-electron chi connectivity index (χ0n) is 18.3. The van der Waals surface area contributed by atoms with Crippen molar-refractivity contribution < 1.29 is 9.59 Å². The first-order chi connectivity index (χ1) is 14.8. The molecule has 0 atom stereocenters. The lowest BCUT2D eigenvalue weighted by Crippen LogP contribution is -2.17. The lowest BCUT2D eigenvalue weighted by Gasteiger charge is -2.30. The summed E-state index contributed by atoms with van der Waals surface area (Å²) in [5, 5.41) is 12.1. The zero-order valence-corrected chi connectivity index (χ0v) is 18.3. The molecule has 0 spiro atoms. The number of hydrogen-bond donors (Lipinski definition) is 2. The highest BCUT2D eigenvalue weighted by molar-refractivity contribution is 6.04. The van der Waals surface area contributed by atoms with Crippen molar-refractivity contribution in [3.05, 3.63) is 58.9 Å². The van der Waals surface area contributed by atoms with E-state index in [0.717, 1.165) is 43.4 Å². The predicted octanol–water partition coefficient (Wildman–Crippen LogP) is 5.96. The Morgan fingerprint density at radius 2 is 1.97 bits per heavy atom. The van der Waals surface area contributed by atoms with Gasteiger partial charge in [-0.25, -0.2) is 0 Å². The van der Waals surface area contributed by atoms with Crippen LogP contribution in [0.3, 0.4) is 0 Å². The Labute approximate surface area is 183 Å². The maximum atomic E-state index is 12.8. The zero-order chi connectivity index (χ0) is 22.0. The molecule has 31 heavy (non-hydrogen) atoms. The number of hydrogen-bond acceptors (Lipinski definition) is 3. The largest absolute Gasteiger partial charge is 0.356 e. The first-order valence-electron chi connectivity index (χ1n) is 11.1. The Balaban J connectivity index is 1.65. The maximum Gasteiger partial charge on any atom is 0.272 e. The number of amides is 1. The highest BCUT2D eigenvalue weighted by Crippen LogP contribution is 2.41. The minimum absolute atomic E-state index is 0.254. The monoisotopic (exact) mass is 415 g/mol. The molecule has 0 radical (unpaired) electrons. The van der Waals surface area contributed by atoms with Gasteiger partial charge in [0.15, 0.2) is 0 Å². The number of nitrogens with zero attached hydrogens (tertiary/aromatic N) is 1. The number of aromatic nitrogens is 1. The van der Waals surface area contributed by atoms with Crippen LogP contribution >= 0.6 is 0 Å². The Kier molecular flexibility index (Phi) is 5.82. The third-order valence-corrected chi connectivity index (χ3v) is 6.68. The summed E-state index contributed by atoms with van der Waals surface area (Å²) in [4.78, 5) is 27.3. The number of nitrogens with one attached hydrogen (secondary N) is 2. The number of Topliss-reactive ketones (excluding diaryl/α,β-unsaturated/α-hetero) is 1. The Hall–Kier alpha value is -3.13. The number of ketones is 1. The van der Waals surface area contributed by atoms with Crippen LogP contribution in [0.25, 0.3) is 5.57 Å². The molecular weight excluding hydrogens is 386 g/mol. The molecule has 4 rings (SSSR count). The van der Waals surface area contributed by atoms with Crippen LogP contribution in [-0.4, -0.2) is 16.7 Å². The van der Waals surface area contributed by atoms with Crippen molar-refractivity contribution in [2.75, 3.05) is 5.32 Å². The second kappa shape index (κ2) is 8.55. The lowest BCUT2D eigenvalue weighted by molar-refractivity contribution is -0.120. The quantitative estimate of drug-likeness (QED) is 0.646. The summed E-state index contributed by atoms with van der Waals surface area (Å²) in [5.41, 5.74) is 5.49. The van der Waals surface area contributed by atoms with E-state index >= 15 is 0 Å². The van der Waals surface area contributed by atoms with E-state index < -0.39 is 0 Å². The minimum atomic E-state index is -0.254. The van der Waals surface area contributed by atoms with Crippen molar-refractivity contribution in [2.24, 2.45) is 5.41 Å². The number of allylic oxidation sites excluding steroid dienone is 2. The molecule has 2 aromatic rings. The fourth-order valence-electron chi connectivity index (χ4n) is 4.56. The van der Waals surface area contributed by atoms with Gasteiger partial charge in [-0.3, -0.25) is 9.59 Å². The number of aromatic amines is 1. The topological polar surface area (TPSA) is 85.8 Å². The van der Waals surface area contributed by atoms with E-state index in [1.165, 1.54) is 17.3 Å². The van der Waals surface area contributed by atoms with Crippen LogP contribution in [0.5, 0.6) is 0 Å². The molecule has 160 valence electrons. The molecule has 1 saturated carbocycles. The summed E-state index contributed by atoms with van der Waals surface area (Å²) in [7, 11) is 0. The van der Waals surface area contributed by atoms with Gasteiger partial charge >= 0.3 is 0 Å². The van der Waals surface area contributed by atoms with Crippen LogP contribution in [0.1, 0.15) is 91.9 Å². The second-order valence-corrected chi connectivity index (χ2v) is 9.58. The van der Waals surface area contributed by atoms with Crippen LogP contribution in [0.15, 0.2) is 36.5 Å². The average Bonchev–Trinajstić information content (AvgIpc) is 3.24. The third kappa shape index (κ3) is 4.80. The van der Waals surface area contributed by atoms with E-state index in [0.29, 0.717) is 41.2 Å². The Morgan fingerprint density at radius 3 is 2.61 bits per heavy atom. The molecule has 0 saturated heterocycles. The van der Waals surface area contributed by atoms with Crippen molar-refractivity contribution in [1.29, 1.82) is 5.26 Å². The SMILES string of the molecule is CC1(C)CC=C(c2cc(C3CCC(=O)CC3)ccc2NC(=O)c2cc(C#N)c[nH]2)CC1. The van der Waals surface area contributed by atoms with Gasteiger partial charge in [-0.15, -0.1) is 0 Å². The summed E-state index contributed by atoms with van der Waals surface area (Å²) in [6.45, 7) is 4.58. The fourth-order valence-corrected chi connectivity index (χ4v) is 4.56. The molecule has 1 amide bonds. The van der Waals surface area contributed by atoms with E-state index in [1.54, 1.807) is 6.07 Å². The van der Waals surface area contributed by atoms with E-state index in [1.807, 2.05) is 12.1 Å². The second-order valence-electron chi connectivity index (χ2n) is 9.58. The number of anilines is 1. The number of H-pyrrole nitrogens is 1. The summed E-state index contributed by atoms with van der Waals surface area (Å²) in [5.74, 6) is 0.499. The molecule has 0 bridgehead atoms. The van der Waals surface area contributed by atoms with Crippen molar-refractivity contribution in [2.45, 2.75) is 64.7 Å². The highest BCUT2D eigenvalue weighted by Gasteiger charge is 2.25. The predicted molar refractivity (Wildman–Crippen MR) is 122 cm³/mol. The maximum absolute atomic E-state index is 12.8. The summed E-state index contributed by atoms with van der Waals surface area (Å²) in [6.07, 6.45) is 10.1. The number of benzene rings is 1. The molecule has 1 aromatic carbocycles. The van der Waals surface area contributed by atoms with Gasteiger partial charge in [-0.05, 0) is 72.8 Å². The van der Waals surface area contributed by atoms with E-state index in [4.69, 9.17) is 5.26 Å². The summed E-state index contributed by atoms with van der Waals surface area (Å²) in [6, 6.07) is 9.90. The average molecular weight is 416 g/mol. The lowest BCUT2D eigenvalue weighted by atomic mass is 9.76. The van der Waals surface area contributed by atoms with Crippen molar-refractivity contribution >= 4 is 23.0 Å². The van der Waals surface area contributed by atoms with Gasteiger partial charge in [-0.1, -0.05) is 26.0 Å². The molecule has 1 fully saturated rings. The van der Waals surface area contributed by atoms with Gasteiger partial charge in [0.05, 0.1) is 5.56 Å². The molecule has 1 aromatic heterocycles. The van der Waals surface area contributed by atoms with Gasteiger partial charge in [0.1, 0.15) is 17.5 Å². The molecule has 0 aliphatic heterocycles. The van der Waals surface area contributed by atoms with Crippen molar-refractivity contribution in [1.82, 2.24) is 4.98 Å². The number of rotatable bonds is 4. The van der Waals surface area contributed by atoms with Gasteiger partial charge < -0.3 is 10.3 Å². The van der Waals surface area contributed by atoms with Gasteiger partial charge in [0.25, 0.3) is 5.91 Å². The normalized spacial score (nSPS) is 18.9. The fraction of sp³-hybridized carbons (Fsp3) is 0.423. The molecular formula is C26H29N3O2. The summed E-state index contributed by atoms with van der Waals surface area (Å²) < 4.78 is 0. The summed E-state index contributed by atoms with van der Waals surface area (Å²) >= 11 is 0. The van der Waals surface area contributed by atoms with E-state index in [2.05, 4.69) is 42.4 Å². The first-order valence-corrected chi connectivity index (χ1v) is 11.1. The van der Waals surface area contributed by atoms with Crippen LogP contribution in [0, 0.1) is 16.7 Å². The van der Waals surface area contributed by atoms with Gasteiger partial charge in [-0.2, -0.15) is 5.26 Å². The Bertz CT molecular complexity index is 1070. The van der Waals surface area contributed by atoms with Gasteiger partial charge in [0, 0.05) is 30.3 Å². The van der Waals surface area contributed by atoms with E-state index in [-0.39, 0.29) is 5.91 Å². The molecule has 2 aliphatic rings. The smallest absolute Gasteiger partial charge is 0.272 e. The highest BCUT2D eigenvalue weighted by atomic mass is 16.2.